The van der Waals surface area contributed by atoms with E-state index in [4.69, 9.17) is 34.8 Å². The van der Waals surface area contributed by atoms with Crippen LogP contribution in [0.4, 0.5) is 0 Å². The highest BCUT2D eigenvalue weighted by molar-refractivity contribution is 6.67. The molecule has 0 atom stereocenters. The Hall–Kier alpha value is 0.830. The van der Waals surface area contributed by atoms with Gasteiger partial charge >= 0.3 is 0 Å². The molecule has 0 fully saturated rings. The summed E-state index contributed by atoms with van der Waals surface area (Å²) in [7, 11) is 0. The van der Waals surface area contributed by atoms with Crippen molar-refractivity contribution in [2.45, 2.75) is 23.8 Å². The zero-order valence-corrected chi connectivity index (χ0v) is 6.98. The first-order valence-electron chi connectivity index (χ1n) is 2.26. The van der Waals surface area contributed by atoms with Gasteiger partial charge in [0.1, 0.15) is 0 Å². The molecule has 1 nitrogen and oxygen atoms in total. The number of hydrogen-bond acceptors (Lipinski definition) is 1. The zero-order chi connectivity index (χ0) is 6.78. The van der Waals surface area contributed by atoms with Crippen molar-refractivity contribution in [3.8, 4) is 0 Å². The van der Waals surface area contributed by atoms with Gasteiger partial charge in [-0.2, -0.15) is 0 Å². The van der Waals surface area contributed by atoms with Crippen LogP contribution in [-0.4, -0.2) is 9.96 Å². The van der Waals surface area contributed by atoms with E-state index in [0.29, 0.717) is 0 Å². The van der Waals surface area contributed by atoms with Gasteiger partial charge in [0.05, 0.1) is 0 Å². The first-order chi connectivity index (χ1) is 3.42. The molecule has 0 rings (SSSR count). The van der Waals surface area contributed by atoms with Crippen LogP contribution in [0.3, 0.4) is 0 Å². The molecule has 8 heavy (non-hydrogen) atoms. The third-order valence-corrected chi connectivity index (χ3v) is 0.780. The molecule has 0 heterocycles. The lowest BCUT2D eigenvalue weighted by Crippen LogP contribution is -2.34. The molecule has 0 aromatic heterocycles. The van der Waals surface area contributed by atoms with Crippen molar-refractivity contribution in [2.75, 3.05) is 0 Å². The van der Waals surface area contributed by atoms with Gasteiger partial charge in [0, 0.05) is 6.04 Å². The second kappa shape index (κ2) is 3.11. The number of hydrogen-bond donors (Lipinski definition) is 1. The lowest BCUT2D eigenvalue weighted by molar-refractivity contribution is 0.603. The lowest BCUT2D eigenvalue weighted by Gasteiger charge is -2.15. The molecule has 4 heteroatoms. The van der Waals surface area contributed by atoms with Crippen molar-refractivity contribution in [2.24, 2.45) is 0 Å². The molecule has 0 radical (unpaired) electrons. The summed E-state index contributed by atoms with van der Waals surface area (Å²) < 4.78 is -1.31. The van der Waals surface area contributed by atoms with E-state index >= 15 is 0 Å². The molecule has 0 aromatic carbocycles. The minimum Gasteiger partial charge on any atom is -0.271 e. The second-order valence-electron chi connectivity index (χ2n) is 1.80. The van der Waals surface area contributed by atoms with Gasteiger partial charge in [0.25, 0.3) is 0 Å². The molecular formula is C4H8Cl3N. The van der Waals surface area contributed by atoms with Gasteiger partial charge in [-0.1, -0.05) is 34.8 Å². The molecule has 0 aliphatic carbocycles. The second-order valence-corrected chi connectivity index (χ2v) is 4.08. The SMILES string of the molecule is CC(C)NC(Cl)(Cl)Cl. The van der Waals surface area contributed by atoms with Gasteiger partial charge < -0.3 is 0 Å². The summed E-state index contributed by atoms with van der Waals surface area (Å²) in [4.78, 5) is 0. The Balaban J connectivity index is 3.39. The van der Waals surface area contributed by atoms with Crippen molar-refractivity contribution in [1.82, 2.24) is 5.32 Å². The van der Waals surface area contributed by atoms with E-state index in [1.807, 2.05) is 13.8 Å². The van der Waals surface area contributed by atoms with E-state index in [2.05, 4.69) is 5.32 Å². The minimum absolute atomic E-state index is 0.197. The predicted molar refractivity (Wildman–Crippen MR) is 38.6 cm³/mol. The summed E-state index contributed by atoms with van der Waals surface area (Å²) in [6, 6.07) is 0.197. The lowest BCUT2D eigenvalue weighted by atomic mass is 10.4. The van der Waals surface area contributed by atoms with E-state index in [1.54, 1.807) is 0 Å². The molecule has 0 spiro atoms. The average Bonchev–Trinajstić information content (AvgIpc) is 1.21. The summed E-state index contributed by atoms with van der Waals surface area (Å²) in [6.07, 6.45) is 0. The Labute approximate surface area is 64.3 Å². The third-order valence-electron chi connectivity index (χ3n) is 0.452. The standard InChI is InChI=1S/C4H8Cl3N/c1-3(2)8-4(5,6)7/h3,8H,1-2H3. The quantitative estimate of drug-likeness (QED) is 0.478. The Morgan fingerprint density at radius 2 is 1.62 bits per heavy atom. The maximum Gasteiger partial charge on any atom is 0.245 e. The fourth-order valence-electron chi connectivity index (χ4n) is 0.327. The van der Waals surface area contributed by atoms with E-state index in [1.165, 1.54) is 0 Å². The molecule has 0 saturated carbocycles. The summed E-state index contributed by atoms with van der Waals surface area (Å²) in [6.45, 7) is 3.81. The number of alkyl halides is 3. The smallest absolute Gasteiger partial charge is 0.245 e. The predicted octanol–water partition coefficient (Wildman–Crippen LogP) is 2.31. The van der Waals surface area contributed by atoms with Gasteiger partial charge in [-0.05, 0) is 13.8 Å². The number of nitrogens with one attached hydrogen (secondary N) is 1. The van der Waals surface area contributed by atoms with Crippen LogP contribution in [0.2, 0.25) is 0 Å². The molecule has 0 bridgehead atoms. The highest BCUT2D eigenvalue weighted by Crippen LogP contribution is 2.22. The first-order valence-corrected chi connectivity index (χ1v) is 3.39. The molecule has 0 saturated heterocycles. The molecule has 50 valence electrons. The molecule has 0 aliphatic rings. The fraction of sp³-hybridized carbons (Fsp3) is 1.00. The van der Waals surface area contributed by atoms with Crippen LogP contribution in [0.25, 0.3) is 0 Å². The molecule has 0 unspecified atom stereocenters. The van der Waals surface area contributed by atoms with Gasteiger partial charge in [-0.25, -0.2) is 0 Å². The molecule has 0 amide bonds. The normalized spacial score (nSPS) is 12.8. The average molecular weight is 176 g/mol. The van der Waals surface area contributed by atoms with E-state index < -0.39 is 3.92 Å². The molecular weight excluding hydrogens is 168 g/mol. The van der Waals surface area contributed by atoms with Crippen molar-refractivity contribution in [3.63, 3.8) is 0 Å². The van der Waals surface area contributed by atoms with Crippen molar-refractivity contribution < 1.29 is 0 Å². The molecule has 0 aliphatic heterocycles. The van der Waals surface area contributed by atoms with E-state index in [9.17, 15) is 0 Å². The van der Waals surface area contributed by atoms with Crippen LogP contribution in [0.1, 0.15) is 13.8 Å². The van der Waals surface area contributed by atoms with Crippen LogP contribution in [0.5, 0.6) is 0 Å². The summed E-state index contributed by atoms with van der Waals surface area (Å²) in [5.41, 5.74) is 0. The zero-order valence-electron chi connectivity index (χ0n) is 4.71. The van der Waals surface area contributed by atoms with Crippen LogP contribution in [0, 0.1) is 0 Å². The molecule has 0 aromatic rings. The summed E-state index contributed by atoms with van der Waals surface area (Å²) >= 11 is 16.0. The first kappa shape index (κ1) is 8.83. The van der Waals surface area contributed by atoms with Gasteiger partial charge in [0.15, 0.2) is 0 Å². The van der Waals surface area contributed by atoms with E-state index in [0.717, 1.165) is 0 Å². The van der Waals surface area contributed by atoms with Crippen LogP contribution < -0.4 is 5.32 Å². The summed E-state index contributed by atoms with van der Waals surface area (Å²) in [5.74, 6) is 0. The van der Waals surface area contributed by atoms with Crippen molar-refractivity contribution in [1.29, 1.82) is 0 Å². The monoisotopic (exact) mass is 175 g/mol. The topological polar surface area (TPSA) is 12.0 Å². The van der Waals surface area contributed by atoms with Gasteiger partial charge in [-0.15, -0.1) is 0 Å². The van der Waals surface area contributed by atoms with Gasteiger partial charge in [0.2, 0.25) is 3.92 Å². The van der Waals surface area contributed by atoms with Crippen LogP contribution in [0.15, 0.2) is 0 Å². The minimum atomic E-state index is -1.31. The van der Waals surface area contributed by atoms with Crippen molar-refractivity contribution >= 4 is 34.8 Å². The Morgan fingerprint density at radius 3 is 1.62 bits per heavy atom. The highest BCUT2D eigenvalue weighted by Gasteiger charge is 2.18. The number of rotatable bonds is 1. The van der Waals surface area contributed by atoms with Crippen LogP contribution >= 0.6 is 34.8 Å². The fourth-order valence-corrected chi connectivity index (χ4v) is 0.982. The van der Waals surface area contributed by atoms with Crippen LogP contribution in [-0.2, 0) is 0 Å². The van der Waals surface area contributed by atoms with E-state index in [-0.39, 0.29) is 6.04 Å². The Kier molecular flexibility index (Phi) is 3.44. The molecule has 1 N–H and O–H groups in total. The Morgan fingerprint density at radius 1 is 1.25 bits per heavy atom. The maximum absolute atomic E-state index is 5.35. The Bertz CT molecular complexity index is 66.2. The summed E-state index contributed by atoms with van der Waals surface area (Å²) in [5, 5.41) is 2.68. The highest BCUT2D eigenvalue weighted by atomic mass is 35.6. The maximum atomic E-state index is 5.35. The van der Waals surface area contributed by atoms with Gasteiger partial charge in [-0.3, -0.25) is 5.32 Å². The van der Waals surface area contributed by atoms with Crippen molar-refractivity contribution in [3.05, 3.63) is 0 Å². The third kappa shape index (κ3) is 6.83. The number of halogens is 3. The largest absolute Gasteiger partial charge is 0.271 e.